The zero-order valence-corrected chi connectivity index (χ0v) is 20.2. The van der Waals surface area contributed by atoms with Crippen LogP contribution in [-0.4, -0.2) is 16.4 Å². The molecule has 2 aromatic carbocycles. The Morgan fingerprint density at radius 2 is 1.80 bits per heavy atom. The van der Waals surface area contributed by atoms with Crippen molar-refractivity contribution < 1.29 is 18.7 Å². The molecule has 7 nitrogen and oxygen atoms in total. The van der Waals surface area contributed by atoms with E-state index in [4.69, 9.17) is 4.74 Å². The monoisotopic (exact) mass is 475 g/mol. The Balaban J connectivity index is 1.99. The number of hydrogen-bond acceptors (Lipinski definition) is 4. The molecule has 8 heteroatoms. The molecule has 1 aliphatic heterocycles. The first-order valence-corrected chi connectivity index (χ1v) is 11.0. The number of fused-ring (bicyclic) bond motifs is 1. The molecule has 0 fully saturated rings. The summed E-state index contributed by atoms with van der Waals surface area (Å²) in [6.07, 6.45) is 2.81. The number of nitrogens with zero attached hydrogens (tertiary/aromatic N) is 1. The highest BCUT2D eigenvalue weighted by Crippen LogP contribution is 2.46. The third-order valence-corrected chi connectivity index (χ3v) is 6.17. The number of hydrogen-bond donors (Lipinski definition) is 2. The summed E-state index contributed by atoms with van der Waals surface area (Å²) in [6.45, 7) is 10.5. The number of ether oxygens (including phenoxy) is 1. The Morgan fingerprint density at radius 3 is 2.43 bits per heavy atom. The Labute approximate surface area is 202 Å². The van der Waals surface area contributed by atoms with Gasteiger partial charge in [0.15, 0.2) is 0 Å². The van der Waals surface area contributed by atoms with Gasteiger partial charge in [-0.15, -0.1) is 0 Å². The quantitative estimate of drug-likeness (QED) is 0.511. The minimum absolute atomic E-state index is 0.209. The van der Waals surface area contributed by atoms with Gasteiger partial charge in [-0.25, -0.2) is 4.39 Å². The molecule has 4 rings (SSSR count). The average molecular weight is 476 g/mol. The summed E-state index contributed by atoms with van der Waals surface area (Å²) >= 11 is 0. The molecule has 0 aliphatic carbocycles. The van der Waals surface area contributed by atoms with E-state index in [1.165, 1.54) is 16.7 Å². The molecule has 180 valence electrons. The van der Waals surface area contributed by atoms with Gasteiger partial charge in [-0.1, -0.05) is 6.58 Å². The van der Waals surface area contributed by atoms with Crippen molar-refractivity contribution >= 4 is 23.2 Å². The van der Waals surface area contributed by atoms with Crippen LogP contribution in [0.3, 0.4) is 0 Å². The van der Waals surface area contributed by atoms with Crippen LogP contribution in [0.15, 0.2) is 54.0 Å². The minimum Gasteiger partial charge on any atom is -0.456 e. The minimum atomic E-state index is -0.989. The van der Waals surface area contributed by atoms with Gasteiger partial charge in [0.25, 0.3) is 5.56 Å². The van der Waals surface area contributed by atoms with Gasteiger partial charge in [-0.3, -0.25) is 14.4 Å². The molecule has 0 bridgehead atoms. The van der Waals surface area contributed by atoms with Crippen LogP contribution in [0.5, 0.6) is 11.5 Å². The summed E-state index contributed by atoms with van der Waals surface area (Å²) in [5, 5.41) is 5.45. The summed E-state index contributed by atoms with van der Waals surface area (Å²) in [4.78, 5) is 37.6. The standard InChI is InChI=1S/C27H26FN3O4/c1-7-21(32)29-17-8-9-20(35-24-14(2)10-16(28)11-15(24)3)18(12-17)19-13-31(6)25(33)23-22(19)27(4,5)26(34)30-23/h7-13H,1H2,2-6H3,(H,29,32)(H,30,34). The maximum Gasteiger partial charge on any atom is 0.274 e. The summed E-state index contributed by atoms with van der Waals surface area (Å²) in [5.41, 5.74) is 2.27. The van der Waals surface area contributed by atoms with Gasteiger partial charge < -0.3 is 19.9 Å². The molecule has 1 aliphatic rings. The lowest BCUT2D eigenvalue weighted by Crippen LogP contribution is -2.27. The predicted molar refractivity (Wildman–Crippen MR) is 134 cm³/mol. The number of pyridine rings is 1. The van der Waals surface area contributed by atoms with E-state index in [0.29, 0.717) is 45.0 Å². The van der Waals surface area contributed by atoms with Crippen molar-refractivity contribution in [1.82, 2.24) is 4.57 Å². The van der Waals surface area contributed by atoms with Crippen molar-refractivity contribution in [3.8, 4) is 22.6 Å². The topological polar surface area (TPSA) is 89.4 Å². The SMILES string of the molecule is C=CC(=O)Nc1ccc(Oc2c(C)cc(F)cc2C)c(-c2cn(C)c(=O)c3c2C(C)(C)C(=O)N3)c1. The van der Waals surface area contributed by atoms with Gasteiger partial charge in [0.1, 0.15) is 23.0 Å². The normalized spacial score (nSPS) is 13.7. The summed E-state index contributed by atoms with van der Waals surface area (Å²) in [7, 11) is 1.60. The van der Waals surface area contributed by atoms with Gasteiger partial charge in [0, 0.05) is 35.6 Å². The second-order valence-electron chi connectivity index (χ2n) is 9.16. The van der Waals surface area contributed by atoms with Crippen molar-refractivity contribution in [2.24, 2.45) is 7.05 Å². The van der Waals surface area contributed by atoms with Gasteiger partial charge in [-0.05, 0) is 75.2 Å². The zero-order chi connectivity index (χ0) is 25.7. The lowest BCUT2D eigenvalue weighted by Gasteiger charge is -2.22. The summed E-state index contributed by atoms with van der Waals surface area (Å²) in [6, 6.07) is 7.84. The molecule has 2 amide bonds. The van der Waals surface area contributed by atoms with Gasteiger partial charge >= 0.3 is 0 Å². The highest BCUT2D eigenvalue weighted by molar-refractivity contribution is 6.08. The maximum atomic E-state index is 13.9. The van der Waals surface area contributed by atoms with Crippen LogP contribution in [0.1, 0.15) is 30.5 Å². The number of carbonyl (C=O) groups excluding carboxylic acids is 2. The molecular weight excluding hydrogens is 449 g/mol. The smallest absolute Gasteiger partial charge is 0.274 e. The number of nitrogens with one attached hydrogen (secondary N) is 2. The lowest BCUT2D eigenvalue weighted by molar-refractivity contribution is -0.119. The second kappa shape index (κ2) is 8.54. The number of carbonyl (C=O) groups is 2. The molecule has 0 unspecified atom stereocenters. The molecule has 2 heterocycles. The van der Waals surface area contributed by atoms with E-state index < -0.39 is 11.3 Å². The van der Waals surface area contributed by atoms with Crippen LogP contribution in [0.4, 0.5) is 15.8 Å². The Kier molecular flexibility index (Phi) is 5.84. The highest BCUT2D eigenvalue weighted by atomic mass is 19.1. The van der Waals surface area contributed by atoms with Gasteiger partial charge in [0.05, 0.1) is 5.41 Å². The van der Waals surface area contributed by atoms with Gasteiger partial charge in [0.2, 0.25) is 11.8 Å². The highest BCUT2D eigenvalue weighted by Gasteiger charge is 2.43. The number of aromatic nitrogens is 1. The fraction of sp³-hybridized carbons (Fsp3) is 0.222. The predicted octanol–water partition coefficient (Wildman–Crippen LogP) is 4.95. The zero-order valence-electron chi connectivity index (χ0n) is 20.2. The number of benzene rings is 2. The molecule has 35 heavy (non-hydrogen) atoms. The van der Waals surface area contributed by atoms with E-state index in [-0.39, 0.29) is 23.0 Å². The Morgan fingerprint density at radius 1 is 1.14 bits per heavy atom. The molecule has 3 aromatic rings. The van der Waals surface area contributed by atoms with E-state index in [9.17, 15) is 18.8 Å². The molecule has 0 saturated carbocycles. The number of rotatable bonds is 5. The molecule has 2 N–H and O–H groups in total. The Hall–Kier alpha value is -4.20. The van der Waals surface area contributed by atoms with E-state index in [1.807, 2.05) is 0 Å². The van der Waals surface area contributed by atoms with Gasteiger partial charge in [-0.2, -0.15) is 0 Å². The fourth-order valence-electron chi connectivity index (χ4n) is 4.36. The first kappa shape index (κ1) is 23.9. The summed E-state index contributed by atoms with van der Waals surface area (Å²) in [5.74, 6) is -0.142. The van der Waals surface area contributed by atoms with Crippen LogP contribution < -0.4 is 20.9 Å². The Bertz CT molecular complexity index is 1450. The van der Waals surface area contributed by atoms with Crippen molar-refractivity contribution in [2.45, 2.75) is 33.1 Å². The van der Waals surface area contributed by atoms with Crippen molar-refractivity contribution in [3.63, 3.8) is 0 Å². The molecule has 0 atom stereocenters. The molecule has 0 spiro atoms. The van der Waals surface area contributed by atoms with E-state index in [1.54, 1.807) is 59.1 Å². The first-order chi connectivity index (χ1) is 16.4. The maximum absolute atomic E-state index is 13.9. The average Bonchev–Trinajstić information content (AvgIpc) is 3.03. The number of amides is 2. The summed E-state index contributed by atoms with van der Waals surface area (Å²) < 4.78 is 21.6. The van der Waals surface area contributed by atoms with Crippen molar-refractivity contribution in [3.05, 3.63) is 82.0 Å². The third-order valence-electron chi connectivity index (χ3n) is 6.17. The number of aryl methyl sites for hydroxylation is 3. The van der Waals surface area contributed by atoms with Crippen LogP contribution in [0, 0.1) is 19.7 Å². The molecule has 1 aromatic heterocycles. The van der Waals surface area contributed by atoms with E-state index >= 15 is 0 Å². The second-order valence-corrected chi connectivity index (χ2v) is 9.16. The molecule has 0 radical (unpaired) electrons. The molecule has 0 saturated heterocycles. The lowest BCUT2D eigenvalue weighted by atomic mass is 9.82. The van der Waals surface area contributed by atoms with Crippen molar-refractivity contribution in [2.75, 3.05) is 10.6 Å². The fourth-order valence-corrected chi connectivity index (χ4v) is 4.36. The van der Waals surface area contributed by atoms with Crippen LogP contribution in [-0.2, 0) is 22.1 Å². The first-order valence-electron chi connectivity index (χ1n) is 11.0. The van der Waals surface area contributed by atoms with Crippen molar-refractivity contribution in [1.29, 1.82) is 0 Å². The third kappa shape index (κ3) is 4.12. The van der Waals surface area contributed by atoms with E-state index in [0.717, 1.165) is 6.08 Å². The van der Waals surface area contributed by atoms with Crippen LogP contribution in [0.2, 0.25) is 0 Å². The van der Waals surface area contributed by atoms with Crippen LogP contribution in [0.25, 0.3) is 11.1 Å². The van der Waals surface area contributed by atoms with E-state index in [2.05, 4.69) is 17.2 Å². The number of halogens is 1. The largest absolute Gasteiger partial charge is 0.456 e. The molecular formula is C27H26FN3O4. The number of anilines is 2. The van der Waals surface area contributed by atoms with Crippen LogP contribution >= 0.6 is 0 Å².